The summed E-state index contributed by atoms with van der Waals surface area (Å²) in [5.41, 5.74) is 3.22. The molecule has 20 heavy (non-hydrogen) atoms. The Morgan fingerprint density at radius 2 is 1.80 bits per heavy atom. The number of aliphatic hydroxyl groups is 1. The van der Waals surface area contributed by atoms with Crippen LogP contribution in [0.5, 0.6) is 0 Å². The minimum absolute atomic E-state index is 0.129. The van der Waals surface area contributed by atoms with E-state index in [1.54, 1.807) is 0 Å². The van der Waals surface area contributed by atoms with Crippen LogP contribution in [0.3, 0.4) is 0 Å². The molecule has 0 aliphatic heterocycles. The highest BCUT2D eigenvalue weighted by molar-refractivity contribution is 5.22. The van der Waals surface area contributed by atoms with E-state index >= 15 is 0 Å². The van der Waals surface area contributed by atoms with E-state index in [4.69, 9.17) is 5.11 Å². The van der Waals surface area contributed by atoms with Gasteiger partial charge in [-0.15, -0.1) is 0 Å². The Morgan fingerprint density at radius 1 is 1.15 bits per heavy atom. The summed E-state index contributed by atoms with van der Waals surface area (Å²) in [5, 5.41) is 12.9. The first-order valence-electron chi connectivity index (χ1n) is 7.89. The van der Waals surface area contributed by atoms with Crippen molar-refractivity contribution in [2.75, 3.05) is 0 Å². The van der Waals surface area contributed by atoms with Crippen LogP contribution in [-0.2, 0) is 13.2 Å². The van der Waals surface area contributed by atoms with Crippen molar-refractivity contribution in [1.29, 1.82) is 0 Å². The fraction of sp³-hybridized carbons (Fsp3) is 0.667. The fourth-order valence-electron chi connectivity index (χ4n) is 4.52. The van der Waals surface area contributed by atoms with Gasteiger partial charge in [-0.25, -0.2) is 0 Å². The second-order valence-electron chi connectivity index (χ2n) is 7.52. The molecule has 2 bridgehead atoms. The second kappa shape index (κ2) is 4.85. The first-order chi connectivity index (χ1) is 9.47. The van der Waals surface area contributed by atoms with Crippen LogP contribution in [0.15, 0.2) is 24.3 Å². The van der Waals surface area contributed by atoms with Gasteiger partial charge < -0.3 is 10.4 Å². The lowest BCUT2D eigenvalue weighted by molar-refractivity contribution is 0.120. The molecule has 3 unspecified atom stereocenters. The van der Waals surface area contributed by atoms with Gasteiger partial charge in [-0.3, -0.25) is 0 Å². The number of rotatable bonds is 4. The molecule has 2 saturated carbocycles. The van der Waals surface area contributed by atoms with Crippen LogP contribution in [0.4, 0.5) is 0 Å². The van der Waals surface area contributed by atoms with Crippen molar-refractivity contribution in [2.24, 2.45) is 16.7 Å². The maximum atomic E-state index is 9.08. The molecule has 0 heterocycles. The maximum Gasteiger partial charge on any atom is 0.0681 e. The molecule has 2 N–H and O–H groups in total. The summed E-state index contributed by atoms with van der Waals surface area (Å²) < 4.78 is 0. The molecule has 110 valence electrons. The normalized spacial score (nSPS) is 34.6. The molecular weight excluding hydrogens is 246 g/mol. The third kappa shape index (κ3) is 2.01. The largest absolute Gasteiger partial charge is 0.392 e. The summed E-state index contributed by atoms with van der Waals surface area (Å²) in [6, 6.07) is 8.93. The summed E-state index contributed by atoms with van der Waals surface area (Å²) in [6.45, 7) is 8.47. The van der Waals surface area contributed by atoms with Gasteiger partial charge in [0.1, 0.15) is 0 Å². The number of hydrogen-bond donors (Lipinski definition) is 2. The number of nitrogens with one attached hydrogen (secondary N) is 1. The van der Waals surface area contributed by atoms with E-state index in [2.05, 4.69) is 38.2 Å². The number of aliphatic hydroxyl groups excluding tert-OH is 1. The Kier molecular flexibility index (Phi) is 3.42. The van der Waals surface area contributed by atoms with Gasteiger partial charge in [0.25, 0.3) is 0 Å². The SMILES string of the molecule is CC1(C)C2CCC1(C)C(NCc1ccc(CO)cc1)C2. The highest BCUT2D eigenvalue weighted by Crippen LogP contribution is 2.65. The maximum absolute atomic E-state index is 9.08. The average Bonchev–Trinajstić information content (AvgIpc) is 2.78. The Balaban J connectivity index is 1.65. The third-order valence-corrected chi connectivity index (χ3v) is 6.55. The monoisotopic (exact) mass is 273 g/mol. The molecule has 0 spiro atoms. The zero-order valence-electron chi connectivity index (χ0n) is 12.9. The molecule has 0 amide bonds. The van der Waals surface area contributed by atoms with Crippen molar-refractivity contribution >= 4 is 0 Å². The summed E-state index contributed by atoms with van der Waals surface area (Å²) >= 11 is 0. The lowest BCUT2D eigenvalue weighted by Crippen LogP contribution is -2.44. The standard InChI is InChI=1S/C18H27NO/c1-17(2)15-8-9-18(17,3)16(10-15)19-11-13-4-6-14(12-20)7-5-13/h4-7,15-16,19-20H,8-12H2,1-3H3. The van der Waals surface area contributed by atoms with Crippen LogP contribution in [0.2, 0.25) is 0 Å². The Morgan fingerprint density at radius 3 is 2.30 bits per heavy atom. The molecule has 2 aliphatic carbocycles. The fourth-order valence-corrected chi connectivity index (χ4v) is 4.52. The van der Waals surface area contributed by atoms with Crippen molar-refractivity contribution in [3.05, 3.63) is 35.4 Å². The van der Waals surface area contributed by atoms with Gasteiger partial charge in [0, 0.05) is 12.6 Å². The molecule has 0 radical (unpaired) electrons. The van der Waals surface area contributed by atoms with Gasteiger partial charge in [-0.2, -0.15) is 0 Å². The predicted octanol–water partition coefficient (Wildman–Crippen LogP) is 3.48. The van der Waals surface area contributed by atoms with E-state index < -0.39 is 0 Å². The molecule has 2 nitrogen and oxygen atoms in total. The van der Waals surface area contributed by atoms with Crippen molar-refractivity contribution in [3.8, 4) is 0 Å². The molecule has 0 aromatic heterocycles. The van der Waals surface area contributed by atoms with E-state index in [1.165, 1.54) is 24.8 Å². The zero-order valence-corrected chi connectivity index (χ0v) is 12.9. The first-order valence-corrected chi connectivity index (χ1v) is 7.89. The predicted molar refractivity (Wildman–Crippen MR) is 82.2 cm³/mol. The Hall–Kier alpha value is -0.860. The van der Waals surface area contributed by atoms with E-state index in [0.717, 1.165) is 18.0 Å². The third-order valence-electron chi connectivity index (χ3n) is 6.55. The first kappa shape index (κ1) is 14.1. The molecule has 3 rings (SSSR count). The lowest BCUT2D eigenvalue weighted by atomic mass is 9.69. The number of fused-ring (bicyclic) bond motifs is 2. The van der Waals surface area contributed by atoms with Crippen LogP contribution < -0.4 is 5.32 Å². The highest BCUT2D eigenvalue weighted by Gasteiger charge is 2.60. The van der Waals surface area contributed by atoms with Crippen LogP contribution in [0.25, 0.3) is 0 Å². The van der Waals surface area contributed by atoms with E-state index in [0.29, 0.717) is 16.9 Å². The Bertz CT molecular complexity index is 479. The van der Waals surface area contributed by atoms with Crippen LogP contribution >= 0.6 is 0 Å². The molecule has 1 aromatic carbocycles. The highest BCUT2D eigenvalue weighted by atomic mass is 16.3. The van der Waals surface area contributed by atoms with E-state index in [1.807, 2.05) is 12.1 Å². The van der Waals surface area contributed by atoms with Gasteiger partial charge in [0.2, 0.25) is 0 Å². The summed E-state index contributed by atoms with van der Waals surface area (Å²) in [5.74, 6) is 0.891. The van der Waals surface area contributed by atoms with E-state index in [9.17, 15) is 0 Å². The summed E-state index contributed by atoms with van der Waals surface area (Å²) in [6.07, 6.45) is 4.11. The van der Waals surface area contributed by atoms with Crippen LogP contribution in [0.1, 0.15) is 51.2 Å². The second-order valence-corrected chi connectivity index (χ2v) is 7.52. The summed E-state index contributed by atoms with van der Waals surface area (Å²) in [7, 11) is 0. The summed E-state index contributed by atoms with van der Waals surface area (Å²) in [4.78, 5) is 0. The van der Waals surface area contributed by atoms with Gasteiger partial charge in [-0.1, -0.05) is 45.0 Å². The molecule has 2 fully saturated rings. The quantitative estimate of drug-likeness (QED) is 0.880. The van der Waals surface area contributed by atoms with Gasteiger partial charge in [-0.05, 0) is 47.1 Å². The van der Waals surface area contributed by atoms with Gasteiger partial charge >= 0.3 is 0 Å². The van der Waals surface area contributed by atoms with Crippen molar-refractivity contribution < 1.29 is 5.11 Å². The smallest absolute Gasteiger partial charge is 0.0681 e. The molecular formula is C18H27NO. The van der Waals surface area contributed by atoms with Crippen LogP contribution in [0, 0.1) is 16.7 Å². The van der Waals surface area contributed by atoms with Crippen LogP contribution in [-0.4, -0.2) is 11.1 Å². The minimum atomic E-state index is 0.129. The average molecular weight is 273 g/mol. The Labute approximate surface area is 122 Å². The van der Waals surface area contributed by atoms with Crippen molar-refractivity contribution in [1.82, 2.24) is 5.32 Å². The molecule has 1 aromatic rings. The zero-order chi connectivity index (χ0) is 14.4. The lowest BCUT2D eigenvalue weighted by Gasteiger charge is -2.39. The molecule has 2 aliphatic rings. The van der Waals surface area contributed by atoms with Gasteiger partial charge in [0.15, 0.2) is 0 Å². The van der Waals surface area contributed by atoms with Gasteiger partial charge in [0.05, 0.1) is 6.61 Å². The van der Waals surface area contributed by atoms with E-state index in [-0.39, 0.29) is 6.61 Å². The molecule has 2 heteroatoms. The topological polar surface area (TPSA) is 32.3 Å². The van der Waals surface area contributed by atoms with Crippen molar-refractivity contribution in [3.63, 3.8) is 0 Å². The van der Waals surface area contributed by atoms with Crippen molar-refractivity contribution in [2.45, 2.75) is 59.2 Å². The number of benzene rings is 1. The minimum Gasteiger partial charge on any atom is -0.392 e. The number of hydrogen-bond acceptors (Lipinski definition) is 2. The molecule has 0 saturated heterocycles. The molecule has 3 atom stereocenters.